The Kier molecular flexibility index (Phi) is 5.15. The van der Waals surface area contributed by atoms with E-state index >= 15 is 0 Å². The van der Waals surface area contributed by atoms with E-state index < -0.39 is 0 Å². The Bertz CT molecular complexity index is 602. The quantitative estimate of drug-likeness (QED) is 0.883. The second kappa shape index (κ2) is 7.07. The average Bonchev–Trinajstić information content (AvgIpc) is 2.46. The van der Waals surface area contributed by atoms with Crippen molar-refractivity contribution >= 4 is 27.5 Å². The van der Waals surface area contributed by atoms with Crippen LogP contribution in [0, 0.1) is 0 Å². The lowest BCUT2D eigenvalue weighted by Gasteiger charge is -2.09. The molecule has 0 unspecified atom stereocenters. The maximum absolute atomic E-state index is 12.2. The molecule has 20 heavy (non-hydrogen) atoms. The summed E-state index contributed by atoms with van der Waals surface area (Å²) in [7, 11) is 0. The molecule has 0 atom stereocenters. The van der Waals surface area contributed by atoms with Crippen molar-refractivity contribution in [2.24, 2.45) is 5.73 Å². The predicted octanol–water partition coefficient (Wildman–Crippen LogP) is 3.04. The van der Waals surface area contributed by atoms with Crippen LogP contribution in [-0.4, -0.2) is 19.1 Å². The molecule has 2 aromatic carbocycles. The molecule has 4 nitrogen and oxygen atoms in total. The van der Waals surface area contributed by atoms with Crippen molar-refractivity contribution in [3.8, 4) is 5.75 Å². The molecule has 2 aromatic rings. The standard InChI is InChI=1S/C15H15BrN2O2/c16-14-7-2-1-6-13(14)15(19)18-11-4-3-5-12(10-11)20-9-8-17/h1-7,10H,8-9,17H2,(H,18,19). The first-order valence-electron chi connectivity index (χ1n) is 6.19. The first-order chi connectivity index (χ1) is 9.70. The Labute approximate surface area is 126 Å². The van der Waals surface area contributed by atoms with Crippen LogP contribution in [0.4, 0.5) is 5.69 Å². The van der Waals surface area contributed by atoms with E-state index in [1.165, 1.54) is 0 Å². The van der Waals surface area contributed by atoms with Gasteiger partial charge in [0.1, 0.15) is 12.4 Å². The predicted molar refractivity (Wildman–Crippen MR) is 83.1 cm³/mol. The van der Waals surface area contributed by atoms with E-state index in [0.717, 1.165) is 4.47 Å². The molecule has 0 saturated carbocycles. The molecule has 5 heteroatoms. The summed E-state index contributed by atoms with van der Waals surface area (Å²) in [5, 5.41) is 2.84. The van der Waals surface area contributed by atoms with E-state index in [9.17, 15) is 4.79 Å². The van der Waals surface area contributed by atoms with Crippen molar-refractivity contribution in [1.82, 2.24) is 0 Å². The number of hydrogen-bond donors (Lipinski definition) is 2. The normalized spacial score (nSPS) is 10.1. The van der Waals surface area contributed by atoms with Gasteiger partial charge in [-0.1, -0.05) is 18.2 Å². The number of carbonyl (C=O) groups excluding carboxylic acids is 1. The van der Waals surface area contributed by atoms with Gasteiger partial charge in [0, 0.05) is 22.8 Å². The highest BCUT2D eigenvalue weighted by molar-refractivity contribution is 9.10. The fourth-order valence-corrected chi connectivity index (χ4v) is 2.15. The monoisotopic (exact) mass is 334 g/mol. The van der Waals surface area contributed by atoms with E-state index in [1.54, 1.807) is 12.1 Å². The summed E-state index contributed by atoms with van der Waals surface area (Å²) in [5.74, 6) is 0.508. The third-order valence-corrected chi connectivity index (χ3v) is 3.29. The van der Waals surface area contributed by atoms with Gasteiger partial charge in [-0.15, -0.1) is 0 Å². The highest BCUT2D eigenvalue weighted by atomic mass is 79.9. The van der Waals surface area contributed by atoms with Crippen LogP contribution in [0.25, 0.3) is 0 Å². The van der Waals surface area contributed by atoms with Gasteiger partial charge in [-0.2, -0.15) is 0 Å². The van der Waals surface area contributed by atoms with Crippen molar-refractivity contribution in [2.75, 3.05) is 18.5 Å². The molecule has 0 bridgehead atoms. The maximum Gasteiger partial charge on any atom is 0.256 e. The lowest BCUT2D eigenvalue weighted by molar-refractivity contribution is 0.102. The van der Waals surface area contributed by atoms with Crippen LogP contribution in [0.3, 0.4) is 0 Å². The number of anilines is 1. The highest BCUT2D eigenvalue weighted by Crippen LogP contribution is 2.20. The highest BCUT2D eigenvalue weighted by Gasteiger charge is 2.09. The molecule has 104 valence electrons. The first kappa shape index (κ1) is 14.6. The van der Waals surface area contributed by atoms with Gasteiger partial charge in [-0.3, -0.25) is 4.79 Å². The third kappa shape index (κ3) is 3.82. The van der Waals surface area contributed by atoms with Crippen LogP contribution in [0.2, 0.25) is 0 Å². The molecule has 0 aliphatic carbocycles. The van der Waals surface area contributed by atoms with Crippen LogP contribution in [0.15, 0.2) is 53.0 Å². The Balaban J connectivity index is 2.10. The minimum atomic E-state index is -0.173. The number of amides is 1. The number of benzene rings is 2. The summed E-state index contributed by atoms with van der Waals surface area (Å²) < 4.78 is 6.18. The number of hydrogen-bond acceptors (Lipinski definition) is 3. The first-order valence-corrected chi connectivity index (χ1v) is 6.99. The van der Waals surface area contributed by atoms with Crippen LogP contribution in [-0.2, 0) is 0 Å². The van der Waals surface area contributed by atoms with Crippen LogP contribution < -0.4 is 15.8 Å². The second-order valence-electron chi connectivity index (χ2n) is 4.10. The van der Waals surface area contributed by atoms with Gasteiger partial charge in [-0.05, 0) is 40.2 Å². The van der Waals surface area contributed by atoms with Gasteiger partial charge in [0.25, 0.3) is 5.91 Å². The van der Waals surface area contributed by atoms with E-state index in [-0.39, 0.29) is 5.91 Å². The topological polar surface area (TPSA) is 64.3 Å². The van der Waals surface area contributed by atoms with Gasteiger partial charge < -0.3 is 15.8 Å². The van der Waals surface area contributed by atoms with Crippen molar-refractivity contribution in [2.45, 2.75) is 0 Å². The average molecular weight is 335 g/mol. The molecule has 0 heterocycles. The van der Waals surface area contributed by atoms with Crippen molar-refractivity contribution in [1.29, 1.82) is 0 Å². The van der Waals surface area contributed by atoms with Gasteiger partial charge in [-0.25, -0.2) is 0 Å². The molecule has 0 fully saturated rings. The SMILES string of the molecule is NCCOc1cccc(NC(=O)c2ccccc2Br)c1. The smallest absolute Gasteiger partial charge is 0.256 e. The zero-order valence-corrected chi connectivity index (χ0v) is 12.4. The molecule has 2 rings (SSSR count). The number of rotatable bonds is 5. The number of ether oxygens (including phenoxy) is 1. The summed E-state index contributed by atoms with van der Waals surface area (Å²) in [6, 6.07) is 14.5. The fraction of sp³-hybridized carbons (Fsp3) is 0.133. The summed E-state index contributed by atoms with van der Waals surface area (Å²) in [5.41, 5.74) is 6.65. The summed E-state index contributed by atoms with van der Waals surface area (Å²) in [6.07, 6.45) is 0. The fourth-order valence-electron chi connectivity index (χ4n) is 1.68. The molecular weight excluding hydrogens is 320 g/mol. The summed E-state index contributed by atoms with van der Waals surface area (Å²) >= 11 is 3.36. The number of nitrogens with two attached hydrogens (primary N) is 1. The molecule has 0 aliphatic heterocycles. The lowest BCUT2D eigenvalue weighted by Crippen LogP contribution is -2.13. The molecule has 1 amide bonds. The van der Waals surface area contributed by atoms with Crippen LogP contribution in [0.5, 0.6) is 5.75 Å². The minimum Gasteiger partial charge on any atom is -0.492 e. The molecule has 0 saturated heterocycles. The Hall–Kier alpha value is -1.85. The molecular formula is C15H15BrN2O2. The maximum atomic E-state index is 12.2. The molecule has 0 aliphatic rings. The van der Waals surface area contributed by atoms with E-state index in [0.29, 0.717) is 30.2 Å². The Morgan fingerprint density at radius 3 is 2.75 bits per heavy atom. The van der Waals surface area contributed by atoms with E-state index in [4.69, 9.17) is 10.5 Å². The van der Waals surface area contributed by atoms with Crippen molar-refractivity contribution < 1.29 is 9.53 Å². The van der Waals surface area contributed by atoms with Crippen molar-refractivity contribution in [3.63, 3.8) is 0 Å². The summed E-state index contributed by atoms with van der Waals surface area (Å²) in [6.45, 7) is 0.898. The Morgan fingerprint density at radius 2 is 2.00 bits per heavy atom. The number of nitrogens with one attached hydrogen (secondary N) is 1. The molecule has 0 radical (unpaired) electrons. The zero-order valence-electron chi connectivity index (χ0n) is 10.8. The third-order valence-electron chi connectivity index (χ3n) is 2.60. The lowest BCUT2D eigenvalue weighted by atomic mass is 10.2. The van der Waals surface area contributed by atoms with Gasteiger partial charge in [0.05, 0.1) is 5.56 Å². The Morgan fingerprint density at radius 1 is 1.20 bits per heavy atom. The van der Waals surface area contributed by atoms with Crippen molar-refractivity contribution in [3.05, 3.63) is 58.6 Å². The van der Waals surface area contributed by atoms with Crippen LogP contribution in [0.1, 0.15) is 10.4 Å². The van der Waals surface area contributed by atoms with Crippen LogP contribution >= 0.6 is 15.9 Å². The van der Waals surface area contributed by atoms with E-state index in [2.05, 4.69) is 21.2 Å². The van der Waals surface area contributed by atoms with E-state index in [1.807, 2.05) is 36.4 Å². The largest absolute Gasteiger partial charge is 0.492 e. The minimum absolute atomic E-state index is 0.173. The number of halogens is 1. The molecule has 3 N–H and O–H groups in total. The molecule has 0 aromatic heterocycles. The second-order valence-corrected chi connectivity index (χ2v) is 4.95. The van der Waals surface area contributed by atoms with Gasteiger partial charge in [0.2, 0.25) is 0 Å². The summed E-state index contributed by atoms with van der Waals surface area (Å²) in [4.78, 5) is 12.2. The molecule has 0 spiro atoms. The van der Waals surface area contributed by atoms with Gasteiger partial charge >= 0.3 is 0 Å². The number of carbonyl (C=O) groups is 1. The zero-order chi connectivity index (χ0) is 14.4. The van der Waals surface area contributed by atoms with Gasteiger partial charge in [0.15, 0.2) is 0 Å².